The van der Waals surface area contributed by atoms with Gasteiger partial charge in [0.1, 0.15) is 11.6 Å². The van der Waals surface area contributed by atoms with E-state index in [4.69, 9.17) is 5.10 Å². The van der Waals surface area contributed by atoms with Gasteiger partial charge in [-0.15, -0.1) is 0 Å². The maximum atomic E-state index is 14.0. The largest absolute Gasteiger partial charge is 0.354 e. The van der Waals surface area contributed by atoms with Gasteiger partial charge in [0.05, 0.1) is 16.3 Å². The summed E-state index contributed by atoms with van der Waals surface area (Å²) in [6.45, 7) is 18.9. The average molecular weight is 584 g/mol. The van der Waals surface area contributed by atoms with E-state index in [0.717, 1.165) is 54.5 Å². The number of rotatable bonds is 10. The first-order chi connectivity index (χ1) is 19.4. The van der Waals surface area contributed by atoms with Crippen LogP contribution >= 0.6 is 0 Å². The van der Waals surface area contributed by atoms with Gasteiger partial charge >= 0.3 is 0 Å². The van der Waals surface area contributed by atoms with Crippen LogP contribution in [0.2, 0.25) is 0 Å². The zero-order chi connectivity index (χ0) is 29.9. The van der Waals surface area contributed by atoms with Crippen LogP contribution in [0.5, 0.6) is 0 Å². The number of hydrogen-bond donors (Lipinski definition) is 0. The molecule has 0 N–H and O–H groups in total. The Morgan fingerprint density at radius 2 is 1.56 bits per heavy atom. The third-order valence-corrected chi connectivity index (χ3v) is 9.81. The molecule has 0 atom stereocenters. The highest BCUT2D eigenvalue weighted by atomic mass is 32.2. The molecule has 1 saturated heterocycles. The molecule has 0 amide bonds. The Morgan fingerprint density at radius 3 is 2.07 bits per heavy atom. The first-order valence-corrected chi connectivity index (χ1v) is 16.3. The molecule has 0 spiro atoms. The van der Waals surface area contributed by atoms with Crippen LogP contribution < -0.4 is 4.90 Å². The van der Waals surface area contributed by atoms with Crippen molar-refractivity contribution in [2.45, 2.75) is 84.2 Å². The first-order valence-electron chi connectivity index (χ1n) is 14.8. The van der Waals surface area contributed by atoms with Crippen LogP contribution in [-0.4, -0.2) is 66.2 Å². The predicted octanol–water partition coefficient (Wildman–Crippen LogP) is 6.00. The SMILES string of the molecule is CCCN(Cc1c(CC)nn(-c2ccc(F)cc2)c1N1CCN(C(C)C)CC1)S(=O)(=O)c1ccc(C(C)(C)C)cc1. The van der Waals surface area contributed by atoms with Gasteiger partial charge in [0, 0.05) is 50.9 Å². The fraction of sp³-hybridized carbons (Fsp3) is 0.531. The van der Waals surface area contributed by atoms with E-state index in [1.165, 1.54) is 12.1 Å². The number of nitrogens with zero attached hydrogens (tertiary/aromatic N) is 5. The fourth-order valence-corrected chi connectivity index (χ4v) is 6.95. The quantitative estimate of drug-likeness (QED) is 0.293. The van der Waals surface area contributed by atoms with Gasteiger partial charge in [-0.1, -0.05) is 46.8 Å². The molecule has 1 aliphatic heterocycles. The number of halogens is 1. The summed E-state index contributed by atoms with van der Waals surface area (Å²) in [6, 6.07) is 14.1. The molecule has 1 aromatic heterocycles. The Labute approximate surface area is 246 Å². The van der Waals surface area contributed by atoms with E-state index in [9.17, 15) is 12.8 Å². The van der Waals surface area contributed by atoms with Crippen molar-refractivity contribution in [2.24, 2.45) is 0 Å². The Kier molecular flexibility index (Phi) is 9.61. The molecule has 0 radical (unpaired) electrons. The number of benzene rings is 2. The zero-order valence-corrected chi connectivity index (χ0v) is 26.5. The van der Waals surface area contributed by atoms with Crippen LogP contribution in [0.3, 0.4) is 0 Å². The molecule has 1 fully saturated rings. The van der Waals surface area contributed by atoms with Crippen molar-refractivity contribution >= 4 is 15.8 Å². The second-order valence-electron chi connectivity index (χ2n) is 12.2. The molecule has 2 aromatic carbocycles. The minimum absolute atomic E-state index is 0.0646. The van der Waals surface area contributed by atoms with E-state index >= 15 is 0 Å². The molecule has 0 aliphatic carbocycles. The lowest BCUT2D eigenvalue weighted by molar-refractivity contribution is 0.208. The topological polar surface area (TPSA) is 61.7 Å². The maximum absolute atomic E-state index is 14.0. The van der Waals surface area contributed by atoms with Gasteiger partial charge < -0.3 is 4.90 Å². The van der Waals surface area contributed by atoms with Crippen LogP contribution in [0.1, 0.15) is 71.7 Å². The summed E-state index contributed by atoms with van der Waals surface area (Å²) < 4.78 is 45.4. The lowest BCUT2D eigenvalue weighted by Gasteiger charge is -2.38. The summed E-state index contributed by atoms with van der Waals surface area (Å²) >= 11 is 0. The molecule has 224 valence electrons. The van der Waals surface area contributed by atoms with Crippen molar-refractivity contribution in [3.63, 3.8) is 0 Å². The molecular formula is C32H46FN5O2S. The number of sulfonamides is 1. The third kappa shape index (κ3) is 6.84. The van der Waals surface area contributed by atoms with Gasteiger partial charge in [-0.05, 0) is 74.1 Å². The number of piperazine rings is 1. The molecule has 7 nitrogen and oxygen atoms in total. The Morgan fingerprint density at radius 1 is 0.951 bits per heavy atom. The van der Waals surface area contributed by atoms with Gasteiger partial charge in [-0.2, -0.15) is 9.40 Å². The average Bonchev–Trinajstić information content (AvgIpc) is 3.31. The Hall–Kier alpha value is -2.75. The summed E-state index contributed by atoms with van der Waals surface area (Å²) in [5.74, 6) is 0.595. The van der Waals surface area contributed by atoms with E-state index < -0.39 is 10.0 Å². The highest BCUT2D eigenvalue weighted by Gasteiger charge is 2.31. The lowest BCUT2D eigenvalue weighted by Crippen LogP contribution is -2.49. The summed E-state index contributed by atoms with van der Waals surface area (Å²) in [4.78, 5) is 5.07. The fourth-order valence-electron chi connectivity index (χ4n) is 5.45. The van der Waals surface area contributed by atoms with Crippen molar-refractivity contribution < 1.29 is 12.8 Å². The monoisotopic (exact) mass is 583 g/mol. The van der Waals surface area contributed by atoms with E-state index in [0.29, 0.717) is 30.3 Å². The van der Waals surface area contributed by atoms with E-state index in [2.05, 4.69) is 44.4 Å². The van der Waals surface area contributed by atoms with E-state index in [1.54, 1.807) is 28.6 Å². The smallest absolute Gasteiger partial charge is 0.243 e. The summed E-state index contributed by atoms with van der Waals surface area (Å²) in [7, 11) is -3.76. The molecule has 0 bridgehead atoms. The van der Waals surface area contributed by atoms with Crippen molar-refractivity contribution in [2.75, 3.05) is 37.6 Å². The molecule has 1 aliphatic rings. The number of aromatic nitrogens is 2. The zero-order valence-electron chi connectivity index (χ0n) is 25.7. The van der Waals surface area contributed by atoms with Gasteiger partial charge in [-0.3, -0.25) is 4.90 Å². The third-order valence-electron chi connectivity index (χ3n) is 7.96. The van der Waals surface area contributed by atoms with Crippen LogP contribution in [0.25, 0.3) is 5.69 Å². The Bertz CT molecular complexity index is 1400. The number of anilines is 1. The van der Waals surface area contributed by atoms with Crippen molar-refractivity contribution in [1.29, 1.82) is 0 Å². The minimum Gasteiger partial charge on any atom is -0.354 e. The van der Waals surface area contributed by atoms with Gasteiger partial charge in [0.15, 0.2) is 0 Å². The molecule has 3 aromatic rings. The first kappa shape index (κ1) is 31.2. The summed E-state index contributed by atoms with van der Waals surface area (Å²) in [5.41, 5.74) is 3.56. The summed E-state index contributed by atoms with van der Waals surface area (Å²) in [5, 5.41) is 4.98. The Balaban J connectivity index is 1.78. The van der Waals surface area contributed by atoms with E-state index in [1.807, 2.05) is 30.7 Å². The lowest BCUT2D eigenvalue weighted by atomic mass is 9.87. The molecule has 0 saturated carbocycles. The molecule has 4 rings (SSSR count). The number of hydrogen-bond acceptors (Lipinski definition) is 5. The van der Waals surface area contributed by atoms with E-state index in [-0.39, 0.29) is 17.8 Å². The highest BCUT2D eigenvalue weighted by molar-refractivity contribution is 7.89. The summed E-state index contributed by atoms with van der Waals surface area (Å²) in [6.07, 6.45) is 1.35. The van der Waals surface area contributed by atoms with Crippen molar-refractivity contribution in [1.82, 2.24) is 19.0 Å². The molecular weight excluding hydrogens is 537 g/mol. The van der Waals surface area contributed by atoms with Gasteiger partial charge in [0.25, 0.3) is 0 Å². The normalized spacial score (nSPS) is 15.3. The number of aryl methyl sites for hydroxylation is 1. The highest BCUT2D eigenvalue weighted by Crippen LogP contribution is 2.33. The second kappa shape index (κ2) is 12.6. The van der Waals surface area contributed by atoms with Crippen molar-refractivity contribution in [3.05, 3.63) is 71.2 Å². The molecule has 2 heterocycles. The van der Waals surface area contributed by atoms with Crippen molar-refractivity contribution in [3.8, 4) is 5.69 Å². The van der Waals surface area contributed by atoms with Crippen LogP contribution in [0, 0.1) is 5.82 Å². The van der Waals surface area contributed by atoms with Crippen LogP contribution in [0.4, 0.5) is 10.2 Å². The maximum Gasteiger partial charge on any atom is 0.243 e. The van der Waals surface area contributed by atoms with Gasteiger partial charge in [0.2, 0.25) is 10.0 Å². The van der Waals surface area contributed by atoms with Gasteiger partial charge in [-0.25, -0.2) is 17.5 Å². The standard InChI is InChI=1S/C32H46FN5O2S/c1-8-18-37(41(39,40)28-16-10-25(11-17-28)32(5,6)7)23-29-30(9-2)34-38(27-14-12-26(33)13-15-27)31(29)36-21-19-35(20-22-36)24(3)4/h10-17,24H,8-9,18-23H2,1-7H3. The molecule has 0 unspecified atom stereocenters. The molecule has 9 heteroatoms. The van der Waals surface area contributed by atoms with Crippen LogP contribution in [-0.2, 0) is 28.4 Å². The molecule has 41 heavy (non-hydrogen) atoms. The predicted molar refractivity (Wildman–Crippen MR) is 165 cm³/mol. The minimum atomic E-state index is -3.76. The van der Waals surface area contributed by atoms with Crippen LogP contribution in [0.15, 0.2) is 53.4 Å². The second-order valence-corrected chi connectivity index (χ2v) is 14.2.